The molecular formula is C22H22N4O4. The Morgan fingerprint density at radius 1 is 1.17 bits per heavy atom. The first kappa shape index (κ1) is 20.8. The zero-order chi connectivity index (χ0) is 21.7. The molecule has 0 aliphatic carbocycles. The number of aryl methyl sites for hydroxylation is 2. The fourth-order valence-electron chi connectivity index (χ4n) is 2.97. The molecule has 30 heavy (non-hydrogen) atoms. The molecule has 0 spiro atoms. The molecule has 0 bridgehead atoms. The van der Waals surface area contributed by atoms with Gasteiger partial charge < -0.3 is 10.4 Å². The van der Waals surface area contributed by atoms with E-state index in [0.29, 0.717) is 18.7 Å². The van der Waals surface area contributed by atoms with Gasteiger partial charge in [-0.1, -0.05) is 42.5 Å². The number of carbonyl (C=O) groups is 1. The Balaban J connectivity index is 1.82. The van der Waals surface area contributed by atoms with Crippen molar-refractivity contribution in [3.63, 3.8) is 0 Å². The van der Waals surface area contributed by atoms with Crippen LogP contribution in [0.1, 0.15) is 22.3 Å². The van der Waals surface area contributed by atoms with Crippen molar-refractivity contribution in [3.05, 3.63) is 91.6 Å². The highest BCUT2D eigenvalue weighted by atomic mass is 16.3. The summed E-state index contributed by atoms with van der Waals surface area (Å²) in [6, 6.07) is 14.4. The molecule has 2 amide bonds. The number of urea groups is 1. The maximum Gasteiger partial charge on any atom is 0.340 e. The molecule has 0 aliphatic rings. The highest BCUT2D eigenvalue weighted by Crippen LogP contribution is 2.20. The van der Waals surface area contributed by atoms with Crippen LogP contribution in [0.2, 0.25) is 0 Å². The van der Waals surface area contributed by atoms with E-state index in [1.807, 2.05) is 43.3 Å². The number of hydrogen-bond donors (Lipinski definition) is 3. The number of amides is 2. The van der Waals surface area contributed by atoms with Gasteiger partial charge in [0.1, 0.15) is 5.56 Å². The van der Waals surface area contributed by atoms with Gasteiger partial charge in [0, 0.05) is 6.54 Å². The van der Waals surface area contributed by atoms with Gasteiger partial charge in [0.15, 0.2) is 0 Å². The molecule has 0 fully saturated rings. The SMILES string of the molecule is Cc1ccc(C)c(-n2c(O)c(C=NC(=O)NCCc3ccccc3)c(=O)[nH]c2=O)c1. The van der Waals surface area contributed by atoms with Crippen molar-refractivity contribution in [2.24, 2.45) is 4.99 Å². The average Bonchev–Trinajstić information content (AvgIpc) is 2.71. The van der Waals surface area contributed by atoms with E-state index >= 15 is 0 Å². The fraction of sp³-hybridized carbons (Fsp3) is 0.182. The van der Waals surface area contributed by atoms with Crippen LogP contribution in [0.4, 0.5) is 4.79 Å². The second kappa shape index (κ2) is 9.04. The Hall–Kier alpha value is -3.94. The number of benzene rings is 2. The summed E-state index contributed by atoms with van der Waals surface area (Å²) in [6.45, 7) is 3.99. The second-order valence-corrected chi connectivity index (χ2v) is 6.85. The van der Waals surface area contributed by atoms with Gasteiger partial charge in [0.25, 0.3) is 5.56 Å². The predicted octanol–water partition coefficient (Wildman–Crippen LogP) is 2.22. The molecular weight excluding hydrogens is 384 g/mol. The molecule has 0 atom stereocenters. The van der Waals surface area contributed by atoms with Crippen molar-refractivity contribution >= 4 is 12.2 Å². The van der Waals surface area contributed by atoms with E-state index in [0.717, 1.165) is 27.5 Å². The number of aromatic nitrogens is 2. The predicted molar refractivity (Wildman–Crippen MR) is 115 cm³/mol. The minimum Gasteiger partial charge on any atom is -0.493 e. The summed E-state index contributed by atoms with van der Waals surface area (Å²) in [5.74, 6) is -0.585. The normalized spacial score (nSPS) is 11.0. The molecule has 8 heteroatoms. The van der Waals surface area contributed by atoms with Crippen molar-refractivity contribution in [3.8, 4) is 11.6 Å². The molecule has 0 unspecified atom stereocenters. The van der Waals surface area contributed by atoms with Gasteiger partial charge >= 0.3 is 11.7 Å². The molecule has 0 saturated heterocycles. The van der Waals surface area contributed by atoms with Gasteiger partial charge in [-0.05, 0) is 43.0 Å². The molecule has 1 heterocycles. The number of nitrogens with zero attached hydrogens (tertiary/aromatic N) is 2. The smallest absolute Gasteiger partial charge is 0.340 e. The van der Waals surface area contributed by atoms with Crippen molar-refractivity contribution in [2.45, 2.75) is 20.3 Å². The van der Waals surface area contributed by atoms with Crippen molar-refractivity contribution < 1.29 is 9.90 Å². The standard InChI is InChI=1S/C22H22N4O4/c1-14-8-9-15(2)18(12-14)26-20(28)17(19(27)25-22(26)30)13-24-21(29)23-11-10-16-6-4-3-5-7-16/h3-9,12-13,28H,10-11H2,1-2H3,(H,23,29)(H,25,27,30). The first-order chi connectivity index (χ1) is 14.4. The average molecular weight is 406 g/mol. The number of aromatic hydroxyl groups is 1. The Kier molecular flexibility index (Phi) is 6.26. The molecule has 0 aliphatic heterocycles. The molecule has 0 saturated carbocycles. The van der Waals surface area contributed by atoms with Gasteiger partial charge in [-0.25, -0.2) is 19.1 Å². The summed E-state index contributed by atoms with van der Waals surface area (Å²) >= 11 is 0. The van der Waals surface area contributed by atoms with Gasteiger partial charge in [-0.2, -0.15) is 0 Å². The summed E-state index contributed by atoms with van der Waals surface area (Å²) in [7, 11) is 0. The topological polar surface area (TPSA) is 117 Å². The number of nitrogens with one attached hydrogen (secondary N) is 2. The Bertz CT molecular complexity index is 1210. The van der Waals surface area contributed by atoms with Gasteiger partial charge in [-0.15, -0.1) is 0 Å². The number of aromatic amines is 1. The van der Waals surface area contributed by atoms with Crippen LogP contribution in [0.25, 0.3) is 5.69 Å². The van der Waals surface area contributed by atoms with E-state index in [9.17, 15) is 19.5 Å². The number of carbonyl (C=O) groups excluding carboxylic acids is 1. The van der Waals surface area contributed by atoms with Crippen LogP contribution in [0.5, 0.6) is 5.88 Å². The highest BCUT2D eigenvalue weighted by Gasteiger charge is 2.16. The lowest BCUT2D eigenvalue weighted by Gasteiger charge is -2.12. The van der Waals surface area contributed by atoms with Crippen LogP contribution in [-0.2, 0) is 6.42 Å². The number of hydrogen-bond acceptors (Lipinski definition) is 4. The summed E-state index contributed by atoms with van der Waals surface area (Å²) in [5.41, 5.74) is 1.20. The second-order valence-electron chi connectivity index (χ2n) is 6.85. The quantitative estimate of drug-likeness (QED) is 0.563. The first-order valence-electron chi connectivity index (χ1n) is 9.38. The third-order valence-electron chi connectivity index (χ3n) is 4.57. The van der Waals surface area contributed by atoms with E-state index in [1.54, 1.807) is 19.1 Å². The fourth-order valence-corrected chi connectivity index (χ4v) is 2.97. The van der Waals surface area contributed by atoms with Crippen LogP contribution in [0.15, 0.2) is 63.1 Å². The summed E-state index contributed by atoms with van der Waals surface area (Å²) in [4.78, 5) is 42.3. The van der Waals surface area contributed by atoms with Gasteiger partial charge in [-0.3, -0.25) is 9.78 Å². The highest BCUT2D eigenvalue weighted by molar-refractivity contribution is 5.92. The molecule has 1 aromatic heterocycles. The van der Waals surface area contributed by atoms with Crippen molar-refractivity contribution in [1.29, 1.82) is 0 Å². The van der Waals surface area contributed by atoms with E-state index in [4.69, 9.17) is 0 Å². The van der Waals surface area contributed by atoms with Gasteiger partial charge in [0.05, 0.1) is 11.9 Å². The monoisotopic (exact) mass is 406 g/mol. The van der Waals surface area contributed by atoms with Gasteiger partial charge in [0.2, 0.25) is 5.88 Å². The van der Waals surface area contributed by atoms with Crippen molar-refractivity contribution in [2.75, 3.05) is 6.54 Å². The first-order valence-corrected chi connectivity index (χ1v) is 9.38. The molecule has 8 nitrogen and oxygen atoms in total. The maximum atomic E-state index is 12.3. The van der Waals surface area contributed by atoms with Crippen LogP contribution >= 0.6 is 0 Å². The molecule has 3 N–H and O–H groups in total. The van der Waals surface area contributed by atoms with E-state index in [1.165, 1.54) is 0 Å². The lowest BCUT2D eigenvalue weighted by molar-refractivity contribution is 0.249. The Morgan fingerprint density at radius 2 is 1.90 bits per heavy atom. The lowest BCUT2D eigenvalue weighted by atomic mass is 10.1. The minimum atomic E-state index is -0.833. The third kappa shape index (κ3) is 4.72. The molecule has 3 rings (SSSR count). The van der Waals surface area contributed by atoms with Crippen LogP contribution in [-0.4, -0.2) is 33.4 Å². The van der Waals surface area contributed by atoms with Crippen molar-refractivity contribution in [1.82, 2.24) is 14.9 Å². The Labute approximate surface area is 172 Å². The largest absolute Gasteiger partial charge is 0.493 e. The zero-order valence-electron chi connectivity index (χ0n) is 16.7. The van der Waals surface area contributed by atoms with E-state index < -0.39 is 23.2 Å². The molecule has 0 radical (unpaired) electrons. The van der Waals surface area contributed by atoms with Crippen LogP contribution in [0.3, 0.4) is 0 Å². The van der Waals surface area contributed by atoms with E-state index in [-0.39, 0.29) is 5.56 Å². The molecule has 3 aromatic rings. The molecule has 154 valence electrons. The minimum absolute atomic E-state index is 0.284. The Morgan fingerprint density at radius 3 is 2.63 bits per heavy atom. The number of rotatable bonds is 5. The van der Waals surface area contributed by atoms with Crippen LogP contribution < -0.4 is 16.6 Å². The number of aliphatic imine (C=N–C) groups is 1. The zero-order valence-corrected chi connectivity index (χ0v) is 16.7. The summed E-state index contributed by atoms with van der Waals surface area (Å²) < 4.78 is 0.985. The lowest BCUT2D eigenvalue weighted by Crippen LogP contribution is -2.32. The third-order valence-corrected chi connectivity index (χ3v) is 4.57. The number of H-pyrrole nitrogens is 1. The summed E-state index contributed by atoms with van der Waals surface area (Å²) in [5, 5.41) is 13.2. The maximum absolute atomic E-state index is 12.3. The molecule has 2 aromatic carbocycles. The van der Waals surface area contributed by atoms with Crippen LogP contribution in [0, 0.1) is 13.8 Å². The summed E-state index contributed by atoms with van der Waals surface area (Å²) in [6.07, 6.45) is 1.58. The van der Waals surface area contributed by atoms with E-state index in [2.05, 4.69) is 15.3 Å².